The van der Waals surface area contributed by atoms with E-state index in [9.17, 15) is 14.7 Å². The van der Waals surface area contributed by atoms with Crippen LogP contribution >= 0.6 is 0 Å². The van der Waals surface area contributed by atoms with Crippen molar-refractivity contribution in [3.05, 3.63) is 113 Å². The Kier molecular flexibility index (Phi) is 5.31. The summed E-state index contributed by atoms with van der Waals surface area (Å²) in [4.78, 5) is 31.1. The number of amides is 1. The van der Waals surface area contributed by atoms with Crippen molar-refractivity contribution in [1.82, 2.24) is 9.88 Å². The highest BCUT2D eigenvalue weighted by Crippen LogP contribution is 2.39. The van der Waals surface area contributed by atoms with Crippen LogP contribution in [0.25, 0.3) is 16.7 Å². The second kappa shape index (κ2) is 8.43. The van der Waals surface area contributed by atoms with E-state index in [2.05, 4.69) is 4.98 Å². The molecule has 3 aromatic carbocycles. The molecule has 0 unspecified atom stereocenters. The van der Waals surface area contributed by atoms with Crippen molar-refractivity contribution in [1.29, 1.82) is 0 Å². The second-order valence-corrected chi connectivity index (χ2v) is 8.38. The minimum Gasteiger partial charge on any atom is -0.507 e. The van der Waals surface area contributed by atoms with Gasteiger partial charge in [0, 0.05) is 29.2 Å². The first-order valence-electron chi connectivity index (χ1n) is 11.0. The summed E-state index contributed by atoms with van der Waals surface area (Å²) in [6.45, 7) is 2.31. The molecule has 5 nitrogen and oxygen atoms in total. The number of carbonyl (C=O) groups excluding carboxylic acids is 2. The number of para-hydroxylation sites is 1. The monoisotopic (exact) mass is 436 g/mol. The number of benzene rings is 3. The Bertz CT molecular complexity index is 1370. The van der Waals surface area contributed by atoms with Gasteiger partial charge in [-0.1, -0.05) is 78.4 Å². The minimum absolute atomic E-state index is 0.133. The van der Waals surface area contributed by atoms with Gasteiger partial charge in [-0.2, -0.15) is 0 Å². The highest BCUT2D eigenvalue weighted by molar-refractivity contribution is 6.46. The van der Waals surface area contributed by atoms with Gasteiger partial charge in [0.05, 0.1) is 11.6 Å². The molecule has 1 fully saturated rings. The summed E-state index contributed by atoms with van der Waals surface area (Å²) in [6, 6.07) is 24.1. The van der Waals surface area contributed by atoms with Crippen LogP contribution in [0.3, 0.4) is 0 Å². The molecule has 1 aromatic heterocycles. The van der Waals surface area contributed by atoms with Gasteiger partial charge in [-0.05, 0) is 30.5 Å². The molecule has 0 radical (unpaired) electrons. The molecule has 5 rings (SSSR count). The van der Waals surface area contributed by atoms with Crippen LogP contribution in [0.1, 0.15) is 28.3 Å². The molecule has 1 saturated heterocycles. The smallest absolute Gasteiger partial charge is 0.295 e. The number of nitrogens with zero attached hydrogens (tertiary/aromatic N) is 1. The van der Waals surface area contributed by atoms with Gasteiger partial charge >= 0.3 is 0 Å². The minimum atomic E-state index is -0.652. The fourth-order valence-electron chi connectivity index (χ4n) is 4.54. The lowest BCUT2D eigenvalue weighted by Gasteiger charge is -2.25. The Labute approximate surface area is 192 Å². The van der Waals surface area contributed by atoms with E-state index in [1.807, 2.05) is 79.9 Å². The number of aliphatic hydroxyl groups is 1. The van der Waals surface area contributed by atoms with Crippen molar-refractivity contribution in [2.45, 2.75) is 19.4 Å². The standard InChI is InChI=1S/C28H24N2O3/c1-18-11-13-20(14-12-18)26(31)24-25(19-7-3-2-4-8-19)30(28(33)27(24)32)16-15-21-17-29-23-10-6-5-9-22(21)23/h2-14,17,25,29,31H,15-16H2,1H3/t25-/m1/s1. The number of likely N-dealkylation sites (tertiary alicyclic amines) is 1. The first-order valence-corrected chi connectivity index (χ1v) is 11.0. The van der Waals surface area contributed by atoms with Crippen molar-refractivity contribution >= 4 is 28.4 Å². The van der Waals surface area contributed by atoms with E-state index in [1.165, 1.54) is 0 Å². The van der Waals surface area contributed by atoms with Crippen LogP contribution in [0.15, 0.2) is 90.6 Å². The van der Waals surface area contributed by atoms with Gasteiger partial charge in [-0.25, -0.2) is 0 Å². The van der Waals surface area contributed by atoms with E-state index < -0.39 is 17.7 Å². The molecule has 4 aromatic rings. The van der Waals surface area contributed by atoms with E-state index in [0.29, 0.717) is 18.5 Å². The molecule has 1 atom stereocenters. The Morgan fingerprint density at radius 2 is 1.64 bits per heavy atom. The normalized spacial score (nSPS) is 17.7. The van der Waals surface area contributed by atoms with Crippen molar-refractivity contribution in [3.63, 3.8) is 0 Å². The van der Waals surface area contributed by atoms with Crippen LogP contribution in [0.5, 0.6) is 0 Å². The third kappa shape index (κ3) is 3.72. The van der Waals surface area contributed by atoms with Gasteiger partial charge in [-0.15, -0.1) is 0 Å². The molecule has 0 saturated carbocycles. The number of ketones is 1. The molecular formula is C28H24N2O3. The SMILES string of the molecule is Cc1ccc(C(O)=C2C(=O)C(=O)N(CCc3c[nH]c4ccccc34)[C@@H]2c2ccccc2)cc1. The van der Waals surface area contributed by atoms with Gasteiger partial charge in [0.15, 0.2) is 0 Å². The Morgan fingerprint density at radius 3 is 2.39 bits per heavy atom. The van der Waals surface area contributed by atoms with Gasteiger partial charge in [0.25, 0.3) is 11.7 Å². The average molecular weight is 437 g/mol. The van der Waals surface area contributed by atoms with Crippen molar-refractivity contribution in [2.24, 2.45) is 0 Å². The predicted octanol–water partition coefficient (Wildman–Crippen LogP) is 5.14. The summed E-state index contributed by atoms with van der Waals surface area (Å²) in [7, 11) is 0. The van der Waals surface area contributed by atoms with E-state index in [0.717, 1.165) is 27.6 Å². The summed E-state index contributed by atoms with van der Waals surface area (Å²) < 4.78 is 0. The number of rotatable bonds is 5. The summed E-state index contributed by atoms with van der Waals surface area (Å²) in [5.41, 5.74) is 4.62. The molecule has 2 heterocycles. The van der Waals surface area contributed by atoms with Gasteiger partial charge in [-0.3, -0.25) is 9.59 Å². The Hall–Kier alpha value is -4.12. The zero-order chi connectivity index (χ0) is 22.9. The molecule has 0 bridgehead atoms. The van der Waals surface area contributed by atoms with E-state index in [1.54, 1.807) is 17.0 Å². The number of aliphatic hydroxyl groups excluding tert-OH is 1. The molecule has 2 N–H and O–H groups in total. The average Bonchev–Trinajstić information content (AvgIpc) is 3.37. The quantitative estimate of drug-likeness (QED) is 0.258. The second-order valence-electron chi connectivity index (χ2n) is 8.38. The zero-order valence-electron chi connectivity index (χ0n) is 18.3. The first-order chi connectivity index (χ1) is 16.0. The molecule has 5 heteroatoms. The highest BCUT2D eigenvalue weighted by Gasteiger charge is 2.45. The number of carbonyl (C=O) groups is 2. The maximum Gasteiger partial charge on any atom is 0.295 e. The first kappa shape index (κ1) is 20.8. The number of aromatic amines is 1. The fraction of sp³-hybridized carbons (Fsp3) is 0.143. The largest absolute Gasteiger partial charge is 0.507 e. The topological polar surface area (TPSA) is 73.4 Å². The highest BCUT2D eigenvalue weighted by atomic mass is 16.3. The van der Waals surface area contributed by atoms with Crippen molar-refractivity contribution in [2.75, 3.05) is 6.54 Å². The fourth-order valence-corrected chi connectivity index (χ4v) is 4.54. The lowest BCUT2D eigenvalue weighted by molar-refractivity contribution is -0.139. The number of aryl methyl sites for hydroxylation is 1. The van der Waals surface area contributed by atoms with Gasteiger partial charge in [0.2, 0.25) is 0 Å². The Balaban J connectivity index is 1.55. The third-order valence-corrected chi connectivity index (χ3v) is 6.28. The summed E-state index contributed by atoms with van der Waals surface area (Å²) in [5.74, 6) is -1.38. The number of hydrogen-bond donors (Lipinski definition) is 2. The molecule has 164 valence electrons. The number of H-pyrrole nitrogens is 1. The lowest BCUT2D eigenvalue weighted by atomic mass is 9.95. The summed E-state index contributed by atoms with van der Waals surface area (Å²) >= 11 is 0. The van der Waals surface area contributed by atoms with Crippen LogP contribution in [-0.2, 0) is 16.0 Å². The van der Waals surface area contributed by atoms with Gasteiger partial charge < -0.3 is 15.0 Å². The molecule has 1 amide bonds. The van der Waals surface area contributed by atoms with Crippen molar-refractivity contribution < 1.29 is 14.7 Å². The maximum atomic E-state index is 13.1. The van der Waals surface area contributed by atoms with Crippen LogP contribution < -0.4 is 0 Å². The van der Waals surface area contributed by atoms with E-state index in [4.69, 9.17) is 0 Å². The number of fused-ring (bicyclic) bond motifs is 1. The number of aromatic nitrogens is 1. The molecule has 1 aliphatic heterocycles. The molecule has 0 aliphatic carbocycles. The van der Waals surface area contributed by atoms with Crippen LogP contribution in [0, 0.1) is 6.92 Å². The van der Waals surface area contributed by atoms with E-state index >= 15 is 0 Å². The maximum absolute atomic E-state index is 13.1. The molecule has 0 spiro atoms. The van der Waals surface area contributed by atoms with Crippen molar-refractivity contribution in [3.8, 4) is 0 Å². The Morgan fingerprint density at radius 1 is 0.939 bits per heavy atom. The summed E-state index contributed by atoms with van der Waals surface area (Å²) in [6.07, 6.45) is 2.54. The van der Waals surface area contributed by atoms with Crippen LogP contribution in [-0.4, -0.2) is 33.2 Å². The third-order valence-electron chi connectivity index (χ3n) is 6.28. The van der Waals surface area contributed by atoms with Gasteiger partial charge in [0.1, 0.15) is 5.76 Å². The number of Topliss-reactive ketones (excluding diaryl/α,β-unsaturated/α-hetero) is 1. The molecule has 33 heavy (non-hydrogen) atoms. The van der Waals surface area contributed by atoms with E-state index in [-0.39, 0.29) is 11.3 Å². The predicted molar refractivity (Wildman–Crippen MR) is 129 cm³/mol. The molecule has 1 aliphatic rings. The summed E-state index contributed by atoms with van der Waals surface area (Å²) in [5, 5.41) is 12.2. The number of nitrogens with one attached hydrogen (secondary N) is 1. The lowest BCUT2D eigenvalue weighted by Crippen LogP contribution is -2.31. The molecular weight excluding hydrogens is 412 g/mol. The van der Waals surface area contributed by atoms with Crippen LogP contribution in [0.4, 0.5) is 0 Å². The number of hydrogen-bond acceptors (Lipinski definition) is 3. The van der Waals surface area contributed by atoms with Crippen LogP contribution in [0.2, 0.25) is 0 Å². The zero-order valence-corrected chi connectivity index (χ0v) is 18.3.